The van der Waals surface area contributed by atoms with Crippen molar-refractivity contribution in [3.05, 3.63) is 12.7 Å². The van der Waals surface area contributed by atoms with Gasteiger partial charge in [0.15, 0.2) is 6.10 Å². The molecule has 0 N–H and O–H groups in total. The largest absolute Gasteiger partial charge is 0.513 e. The number of alkyl halides is 28. The molecule has 5 nitrogen and oxygen atoms in total. The molecule has 0 heterocycles. The third kappa shape index (κ3) is 8.78. The van der Waals surface area contributed by atoms with E-state index in [0.717, 1.165) is 0 Å². The molecule has 328 valence electrons. The van der Waals surface area contributed by atoms with E-state index in [0.29, 0.717) is 6.08 Å². The highest BCUT2D eigenvalue weighted by molar-refractivity contribution is 5.60. The molecule has 1 atom stereocenters. The van der Waals surface area contributed by atoms with Gasteiger partial charge in [-0.25, -0.2) is 4.79 Å². The molecular weight excluding hydrogens is 876 g/mol. The van der Waals surface area contributed by atoms with Crippen LogP contribution in [0, 0.1) is 0 Å². The quantitative estimate of drug-likeness (QED) is 0.0528. The number of ether oxygens (including phenoxy) is 4. The highest BCUT2D eigenvalue weighted by Crippen LogP contribution is 2.63. The molecule has 0 spiro atoms. The SMILES string of the molecule is C=CCOCC(COCCC(F)(F)C(F)(F)C(F)(F)C(F)(F)C(F)(F)C(F)(F)F)OC(=O)OC(F)(F)C(F)(F)C(F)(F)C(F)(F)C(F)(F)C(F)(F)C(F)(F)F. The Hall–Kier alpha value is -3.03. The third-order valence-corrected chi connectivity index (χ3v) is 6.18. The fourth-order valence-electron chi connectivity index (χ4n) is 3.05. The summed E-state index contributed by atoms with van der Waals surface area (Å²) in [6.07, 6.45) is -32.3. The van der Waals surface area contributed by atoms with Crippen LogP contribution in [0.3, 0.4) is 0 Å². The zero-order chi connectivity index (χ0) is 44.7. The summed E-state index contributed by atoms with van der Waals surface area (Å²) in [5, 5.41) is 0. The molecule has 0 saturated heterocycles. The van der Waals surface area contributed by atoms with E-state index < -0.39 is 123 Å². The lowest BCUT2D eigenvalue weighted by atomic mass is 9.93. The summed E-state index contributed by atoms with van der Waals surface area (Å²) in [4.78, 5) is 11.5. The fraction of sp³-hybridized carbons (Fsp3) is 0.864. The molecule has 0 aromatic rings. The van der Waals surface area contributed by atoms with Crippen LogP contribution >= 0.6 is 0 Å². The Labute approximate surface area is 283 Å². The smallest absolute Gasteiger partial charge is 0.426 e. The Morgan fingerprint density at radius 2 is 0.800 bits per heavy atom. The predicted molar refractivity (Wildman–Crippen MR) is 114 cm³/mol. The van der Waals surface area contributed by atoms with Crippen molar-refractivity contribution in [3.63, 3.8) is 0 Å². The first-order chi connectivity index (χ1) is 23.8. The first-order valence-corrected chi connectivity index (χ1v) is 12.7. The Morgan fingerprint density at radius 1 is 0.473 bits per heavy atom. The highest BCUT2D eigenvalue weighted by atomic mass is 19.4. The van der Waals surface area contributed by atoms with Crippen LogP contribution in [0.25, 0.3) is 0 Å². The van der Waals surface area contributed by atoms with E-state index in [9.17, 15) is 128 Å². The van der Waals surface area contributed by atoms with Gasteiger partial charge in [-0.3, -0.25) is 0 Å². The summed E-state index contributed by atoms with van der Waals surface area (Å²) in [6, 6.07) is 0. The topological polar surface area (TPSA) is 54.0 Å². The lowest BCUT2D eigenvalue weighted by Gasteiger charge is -2.40. The van der Waals surface area contributed by atoms with E-state index in [1.807, 2.05) is 0 Å². The summed E-state index contributed by atoms with van der Waals surface area (Å²) in [7, 11) is 0. The molecule has 0 fully saturated rings. The zero-order valence-electron chi connectivity index (χ0n) is 25.0. The maximum absolute atomic E-state index is 13.8. The number of carbonyl (C=O) groups excluding carboxylic acids is 1. The lowest BCUT2D eigenvalue weighted by Crippen LogP contribution is -2.73. The zero-order valence-corrected chi connectivity index (χ0v) is 25.0. The minimum atomic E-state index is -8.83. The van der Waals surface area contributed by atoms with E-state index in [-0.39, 0.29) is 0 Å². The monoisotopic (exact) mass is 890 g/mol. The van der Waals surface area contributed by atoms with E-state index in [1.165, 1.54) is 0 Å². The Morgan fingerprint density at radius 3 is 1.16 bits per heavy atom. The van der Waals surface area contributed by atoms with Crippen LogP contribution in [0.15, 0.2) is 12.7 Å². The van der Waals surface area contributed by atoms with Gasteiger partial charge in [0.2, 0.25) is 0 Å². The maximum Gasteiger partial charge on any atom is 0.513 e. The van der Waals surface area contributed by atoms with Gasteiger partial charge in [-0.2, -0.15) is 123 Å². The van der Waals surface area contributed by atoms with Crippen LogP contribution in [-0.4, -0.2) is 116 Å². The van der Waals surface area contributed by atoms with Crippen LogP contribution in [0.1, 0.15) is 6.42 Å². The molecular formula is C22H14F28O5. The van der Waals surface area contributed by atoms with Crippen molar-refractivity contribution < 1.29 is 147 Å². The predicted octanol–water partition coefficient (Wildman–Crippen LogP) is 10.2. The number of rotatable bonds is 20. The Kier molecular flexibility index (Phi) is 14.5. The van der Waals surface area contributed by atoms with Gasteiger partial charge >= 0.3 is 83.8 Å². The second kappa shape index (κ2) is 15.4. The average Bonchev–Trinajstić information content (AvgIpc) is 2.96. The second-order valence-electron chi connectivity index (χ2n) is 10.1. The lowest BCUT2D eigenvalue weighted by molar-refractivity contribution is -0.468. The van der Waals surface area contributed by atoms with Gasteiger partial charge in [-0.15, -0.1) is 6.58 Å². The molecule has 0 amide bonds. The van der Waals surface area contributed by atoms with Crippen LogP contribution in [-0.2, 0) is 18.9 Å². The van der Waals surface area contributed by atoms with Gasteiger partial charge < -0.3 is 18.9 Å². The van der Waals surface area contributed by atoms with Gasteiger partial charge in [0.1, 0.15) is 0 Å². The molecule has 33 heteroatoms. The molecule has 1 unspecified atom stereocenters. The van der Waals surface area contributed by atoms with Crippen molar-refractivity contribution in [2.24, 2.45) is 0 Å². The summed E-state index contributed by atoms with van der Waals surface area (Å²) < 4.78 is 384. The van der Waals surface area contributed by atoms with Gasteiger partial charge in [0, 0.05) is 6.42 Å². The Bertz CT molecular complexity index is 1320. The van der Waals surface area contributed by atoms with E-state index in [1.54, 1.807) is 0 Å². The molecule has 55 heavy (non-hydrogen) atoms. The van der Waals surface area contributed by atoms with Gasteiger partial charge in [-0.1, -0.05) is 6.08 Å². The maximum atomic E-state index is 13.8. The van der Waals surface area contributed by atoms with Crippen molar-refractivity contribution in [1.82, 2.24) is 0 Å². The van der Waals surface area contributed by atoms with Gasteiger partial charge in [0.05, 0.1) is 26.4 Å². The molecule has 0 aromatic carbocycles. The molecule has 0 radical (unpaired) electrons. The summed E-state index contributed by atoms with van der Waals surface area (Å²) >= 11 is 0. The standard InChI is InChI=1S/C22H14F28O5/c1-2-4-52-6-8(7-53-5-3-10(23,24)11(25,26)12(27,28)14(31,32)17(37,38)20(43,44)45)54-9(51)55-22(49,50)19(41,42)16(35,36)13(29,30)15(33,34)18(39,40)21(46,47)48/h2,8H,1,3-7H2. The normalized spacial score (nSPS) is 16.2. The van der Waals surface area contributed by atoms with Gasteiger partial charge in [0.25, 0.3) is 0 Å². The molecule has 0 aliphatic heterocycles. The third-order valence-electron chi connectivity index (χ3n) is 6.18. The van der Waals surface area contributed by atoms with Crippen LogP contribution in [0.4, 0.5) is 128 Å². The average molecular weight is 890 g/mol. The van der Waals surface area contributed by atoms with Crippen molar-refractivity contribution >= 4 is 6.16 Å². The number of hydrogen-bond acceptors (Lipinski definition) is 5. The van der Waals surface area contributed by atoms with Crippen LogP contribution in [0.5, 0.6) is 0 Å². The van der Waals surface area contributed by atoms with Crippen LogP contribution in [0.2, 0.25) is 0 Å². The number of hydrogen-bond donors (Lipinski definition) is 0. The molecule has 0 aliphatic carbocycles. The van der Waals surface area contributed by atoms with Gasteiger partial charge in [-0.05, 0) is 0 Å². The number of halogens is 28. The second-order valence-corrected chi connectivity index (χ2v) is 10.1. The van der Waals surface area contributed by atoms with E-state index >= 15 is 0 Å². The summed E-state index contributed by atoms with van der Waals surface area (Å²) in [5.74, 6) is -82.4. The Balaban J connectivity index is 6.18. The molecule has 0 aliphatic rings. The van der Waals surface area contributed by atoms with Crippen molar-refractivity contribution in [3.8, 4) is 0 Å². The molecule has 0 rings (SSSR count). The number of carbonyl (C=O) groups is 1. The first kappa shape index (κ1) is 52.0. The minimum Gasteiger partial charge on any atom is -0.426 e. The van der Waals surface area contributed by atoms with Crippen molar-refractivity contribution in [2.45, 2.75) is 90.2 Å². The van der Waals surface area contributed by atoms with Crippen molar-refractivity contribution in [1.29, 1.82) is 0 Å². The minimum absolute atomic E-state index is 0.701. The van der Waals surface area contributed by atoms with E-state index in [4.69, 9.17) is 0 Å². The first-order valence-electron chi connectivity index (χ1n) is 12.7. The van der Waals surface area contributed by atoms with Crippen molar-refractivity contribution in [2.75, 3.05) is 26.4 Å². The van der Waals surface area contributed by atoms with Crippen LogP contribution < -0.4 is 0 Å². The molecule has 0 saturated carbocycles. The molecule has 0 aromatic heterocycles. The highest BCUT2D eigenvalue weighted by Gasteiger charge is 2.94. The summed E-state index contributed by atoms with van der Waals surface area (Å²) in [5.41, 5.74) is 0. The fourth-order valence-corrected chi connectivity index (χ4v) is 3.05. The molecule has 0 bridgehead atoms. The van der Waals surface area contributed by atoms with E-state index in [2.05, 4.69) is 25.5 Å². The summed E-state index contributed by atoms with van der Waals surface area (Å²) in [6.45, 7) is -3.74.